The second-order valence-electron chi connectivity index (χ2n) is 8.01. The molecule has 0 aliphatic rings. The van der Waals surface area contributed by atoms with E-state index in [1.807, 2.05) is 45.0 Å². The Bertz CT molecular complexity index is 1070. The first-order valence-corrected chi connectivity index (χ1v) is 12.1. The zero-order valence-corrected chi connectivity index (χ0v) is 19.8. The van der Waals surface area contributed by atoms with Crippen molar-refractivity contribution >= 4 is 27.5 Å². The first-order valence-electron chi connectivity index (χ1n) is 10.3. The van der Waals surface area contributed by atoms with Gasteiger partial charge in [-0.15, -0.1) is 0 Å². The Balaban J connectivity index is 2.42. The number of para-hydroxylation sites is 1. The predicted molar refractivity (Wildman–Crippen MR) is 123 cm³/mol. The molecule has 0 unspecified atom stereocenters. The topological polar surface area (TPSA) is 86.8 Å². The number of amides is 2. The van der Waals surface area contributed by atoms with Crippen molar-refractivity contribution in [3.8, 4) is 0 Å². The maximum atomic E-state index is 14.4. The molecule has 0 bridgehead atoms. The van der Waals surface area contributed by atoms with Crippen LogP contribution in [0.25, 0.3) is 0 Å². The van der Waals surface area contributed by atoms with Gasteiger partial charge in [-0.05, 0) is 51.0 Å². The fourth-order valence-electron chi connectivity index (χ4n) is 3.21. The molecule has 0 spiro atoms. The summed E-state index contributed by atoms with van der Waals surface area (Å²) in [5.41, 5.74) is 1.52. The van der Waals surface area contributed by atoms with E-state index in [2.05, 4.69) is 5.32 Å². The lowest BCUT2D eigenvalue weighted by atomic mass is 10.1. The van der Waals surface area contributed by atoms with Crippen LogP contribution in [0.5, 0.6) is 0 Å². The van der Waals surface area contributed by atoms with Crippen LogP contribution in [0.2, 0.25) is 0 Å². The second kappa shape index (κ2) is 10.6. The van der Waals surface area contributed by atoms with Gasteiger partial charge >= 0.3 is 0 Å². The van der Waals surface area contributed by atoms with Crippen molar-refractivity contribution < 1.29 is 22.4 Å². The Morgan fingerprint density at radius 3 is 2.19 bits per heavy atom. The molecule has 0 heterocycles. The van der Waals surface area contributed by atoms with Gasteiger partial charge in [-0.25, -0.2) is 12.8 Å². The maximum Gasteiger partial charge on any atom is 0.244 e. The number of halogens is 1. The van der Waals surface area contributed by atoms with Gasteiger partial charge in [0.2, 0.25) is 21.8 Å². The number of aryl methyl sites for hydroxylation is 1. The van der Waals surface area contributed by atoms with Gasteiger partial charge in [0, 0.05) is 12.6 Å². The van der Waals surface area contributed by atoms with E-state index in [1.54, 1.807) is 6.92 Å². The number of nitrogens with zero attached hydrogens (tertiary/aromatic N) is 2. The molecule has 9 heteroatoms. The fourth-order valence-corrected chi connectivity index (χ4v) is 4.06. The Labute approximate surface area is 189 Å². The quantitative estimate of drug-likeness (QED) is 0.620. The minimum atomic E-state index is -3.97. The fraction of sp³-hybridized carbons (Fsp3) is 0.391. The summed E-state index contributed by atoms with van der Waals surface area (Å²) < 4.78 is 39.9. The number of hydrogen-bond acceptors (Lipinski definition) is 4. The average Bonchev–Trinajstić information content (AvgIpc) is 2.70. The van der Waals surface area contributed by atoms with E-state index < -0.39 is 34.3 Å². The van der Waals surface area contributed by atoms with Crippen LogP contribution in [-0.4, -0.2) is 50.0 Å². The lowest BCUT2D eigenvalue weighted by molar-refractivity contribution is -0.139. The van der Waals surface area contributed by atoms with Gasteiger partial charge in [0.1, 0.15) is 18.4 Å². The molecule has 0 saturated heterocycles. The lowest BCUT2D eigenvalue weighted by Gasteiger charge is -2.32. The van der Waals surface area contributed by atoms with E-state index >= 15 is 0 Å². The third-order valence-corrected chi connectivity index (χ3v) is 6.13. The molecule has 2 aromatic carbocycles. The first-order chi connectivity index (χ1) is 14.9. The average molecular weight is 464 g/mol. The molecule has 0 aromatic heterocycles. The first kappa shape index (κ1) is 25.3. The molecule has 2 amide bonds. The Kier molecular flexibility index (Phi) is 8.38. The molecular formula is C23H30FN3O4S. The maximum absolute atomic E-state index is 14.4. The molecule has 2 aromatic rings. The van der Waals surface area contributed by atoms with E-state index in [9.17, 15) is 22.4 Å². The highest BCUT2D eigenvalue weighted by atomic mass is 32.2. The molecule has 0 aliphatic carbocycles. The van der Waals surface area contributed by atoms with Gasteiger partial charge in [0.15, 0.2) is 0 Å². The molecule has 7 nitrogen and oxygen atoms in total. The Morgan fingerprint density at radius 1 is 1.03 bits per heavy atom. The number of anilines is 1. The summed E-state index contributed by atoms with van der Waals surface area (Å²) in [4.78, 5) is 27.4. The smallest absolute Gasteiger partial charge is 0.244 e. The third-order valence-electron chi connectivity index (χ3n) is 5.00. The third kappa shape index (κ3) is 6.53. The largest absolute Gasteiger partial charge is 0.352 e. The lowest BCUT2D eigenvalue weighted by Crippen LogP contribution is -2.52. The minimum absolute atomic E-state index is 0.104. The number of carbonyl (C=O) groups excluding carboxylic acids is 2. The molecule has 0 aliphatic heterocycles. The van der Waals surface area contributed by atoms with Crippen molar-refractivity contribution in [1.29, 1.82) is 0 Å². The summed E-state index contributed by atoms with van der Waals surface area (Å²) in [7, 11) is -3.97. The van der Waals surface area contributed by atoms with Gasteiger partial charge in [-0.3, -0.25) is 13.9 Å². The van der Waals surface area contributed by atoms with E-state index in [-0.39, 0.29) is 24.2 Å². The number of sulfonamides is 1. The van der Waals surface area contributed by atoms with Crippen molar-refractivity contribution in [3.05, 3.63) is 65.5 Å². The van der Waals surface area contributed by atoms with Crippen LogP contribution in [0.15, 0.2) is 48.5 Å². The molecule has 0 radical (unpaired) electrons. The number of nitrogens with one attached hydrogen (secondary N) is 1. The van der Waals surface area contributed by atoms with E-state index in [0.29, 0.717) is 0 Å². The molecule has 1 atom stereocenters. The van der Waals surface area contributed by atoms with Crippen LogP contribution in [0.1, 0.15) is 31.9 Å². The highest BCUT2D eigenvalue weighted by Crippen LogP contribution is 2.22. The van der Waals surface area contributed by atoms with Crippen molar-refractivity contribution in [2.24, 2.45) is 0 Å². The summed E-state index contributed by atoms with van der Waals surface area (Å²) in [5.74, 6) is -1.74. The molecule has 0 saturated carbocycles. The zero-order valence-electron chi connectivity index (χ0n) is 19.0. The molecular weight excluding hydrogens is 433 g/mol. The highest BCUT2D eigenvalue weighted by Gasteiger charge is 2.31. The van der Waals surface area contributed by atoms with Gasteiger partial charge in [0.25, 0.3) is 0 Å². The van der Waals surface area contributed by atoms with E-state index in [0.717, 1.165) is 27.8 Å². The van der Waals surface area contributed by atoms with E-state index in [1.165, 1.54) is 23.1 Å². The van der Waals surface area contributed by atoms with Crippen LogP contribution < -0.4 is 9.62 Å². The minimum Gasteiger partial charge on any atom is -0.352 e. The summed E-state index contributed by atoms with van der Waals surface area (Å²) in [6, 6.07) is 11.8. The summed E-state index contributed by atoms with van der Waals surface area (Å²) in [6.07, 6.45) is 0.910. The van der Waals surface area contributed by atoms with Gasteiger partial charge in [-0.2, -0.15) is 0 Å². The standard InChI is InChI=1S/C23H30FN3O4S/c1-16(2)25-23(29)18(4)26(14-19-11-7-6-10-17(19)3)22(28)15-27(32(5,30)31)21-13-9-8-12-20(21)24/h6-13,16,18H,14-15H2,1-5H3,(H,25,29)/t18-/m0/s1. The predicted octanol–water partition coefficient (Wildman–Crippen LogP) is 2.84. The molecule has 174 valence electrons. The SMILES string of the molecule is Cc1ccccc1CN(C(=O)CN(c1ccccc1F)S(C)(=O)=O)[C@@H](C)C(=O)NC(C)C. The molecule has 2 rings (SSSR count). The monoisotopic (exact) mass is 463 g/mol. The van der Waals surface area contributed by atoms with Crippen molar-refractivity contribution in [3.63, 3.8) is 0 Å². The highest BCUT2D eigenvalue weighted by molar-refractivity contribution is 7.92. The summed E-state index contributed by atoms with van der Waals surface area (Å²) >= 11 is 0. The zero-order chi connectivity index (χ0) is 24.1. The summed E-state index contributed by atoms with van der Waals surface area (Å²) in [6.45, 7) is 6.56. The van der Waals surface area contributed by atoms with Crippen molar-refractivity contribution in [2.75, 3.05) is 17.1 Å². The molecule has 0 fully saturated rings. The molecule has 32 heavy (non-hydrogen) atoms. The van der Waals surface area contributed by atoms with Crippen LogP contribution in [-0.2, 0) is 26.2 Å². The van der Waals surface area contributed by atoms with Gasteiger partial charge < -0.3 is 10.2 Å². The number of hydrogen-bond donors (Lipinski definition) is 1. The number of carbonyl (C=O) groups is 2. The van der Waals surface area contributed by atoms with E-state index in [4.69, 9.17) is 0 Å². The van der Waals surface area contributed by atoms with Crippen LogP contribution in [0, 0.1) is 12.7 Å². The molecule has 1 N–H and O–H groups in total. The Hall–Kier alpha value is -2.94. The summed E-state index contributed by atoms with van der Waals surface area (Å²) in [5, 5.41) is 2.78. The van der Waals surface area contributed by atoms with Crippen molar-refractivity contribution in [2.45, 2.75) is 46.3 Å². The number of benzene rings is 2. The van der Waals surface area contributed by atoms with Crippen LogP contribution in [0.3, 0.4) is 0 Å². The van der Waals surface area contributed by atoms with Gasteiger partial charge in [0.05, 0.1) is 11.9 Å². The van der Waals surface area contributed by atoms with Gasteiger partial charge in [-0.1, -0.05) is 36.4 Å². The van der Waals surface area contributed by atoms with Crippen LogP contribution >= 0.6 is 0 Å². The van der Waals surface area contributed by atoms with Crippen molar-refractivity contribution in [1.82, 2.24) is 10.2 Å². The Morgan fingerprint density at radius 2 is 1.62 bits per heavy atom. The number of rotatable bonds is 9. The van der Waals surface area contributed by atoms with Crippen LogP contribution in [0.4, 0.5) is 10.1 Å². The second-order valence-corrected chi connectivity index (χ2v) is 9.92. The normalized spacial score (nSPS) is 12.3.